The van der Waals surface area contributed by atoms with Crippen LogP contribution in [0.1, 0.15) is 38.2 Å². The number of para-hydroxylation sites is 1. The number of anilines is 1. The molecule has 6 rings (SSSR count). The molecule has 0 unspecified atom stereocenters. The van der Waals surface area contributed by atoms with Crippen molar-refractivity contribution in [1.29, 1.82) is 0 Å². The number of ether oxygens (including phenoxy) is 1. The molecule has 4 atom stereocenters. The number of aromatic hydroxyl groups is 1. The van der Waals surface area contributed by atoms with E-state index in [0.717, 1.165) is 21.6 Å². The lowest BCUT2D eigenvalue weighted by atomic mass is 9.58. The first-order valence-electron chi connectivity index (χ1n) is 15.9. The van der Waals surface area contributed by atoms with E-state index in [1.54, 1.807) is 18.2 Å². The molecule has 0 bridgehead atoms. The van der Waals surface area contributed by atoms with Gasteiger partial charge in [-0.2, -0.15) is 0 Å². The molecule has 0 aromatic heterocycles. The average molecular weight is 639 g/mol. The van der Waals surface area contributed by atoms with Crippen molar-refractivity contribution in [2.24, 2.45) is 17.8 Å². The first-order valence-corrected chi connectivity index (χ1v) is 15.9. The number of hydrogen-bond donors (Lipinski definition) is 4. The number of hydrogen-bond acceptors (Lipinski definition) is 8. The molecule has 2 aliphatic heterocycles. The molecule has 9 nitrogen and oxygen atoms in total. The molecule has 242 valence electrons. The van der Waals surface area contributed by atoms with Gasteiger partial charge in [-0.1, -0.05) is 55.0 Å². The molecule has 2 saturated heterocycles. The van der Waals surface area contributed by atoms with Gasteiger partial charge in [0.25, 0.3) is 0 Å². The number of rotatable bonds is 10. The van der Waals surface area contributed by atoms with Crippen LogP contribution in [0.25, 0.3) is 6.08 Å². The molecule has 0 spiro atoms. The van der Waals surface area contributed by atoms with Crippen LogP contribution in [0.2, 0.25) is 6.32 Å². The third-order valence-electron chi connectivity index (χ3n) is 9.42. The van der Waals surface area contributed by atoms with Gasteiger partial charge in [-0.25, -0.2) is 4.39 Å². The van der Waals surface area contributed by atoms with Gasteiger partial charge in [0, 0.05) is 0 Å². The maximum Gasteiger partial charge on any atom is 0.488 e. The number of halogens is 1. The summed E-state index contributed by atoms with van der Waals surface area (Å²) in [4.78, 5) is 29.2. The molecule has 0 saturated carbocycles. The third kappa shape index (κ3) is 6.78. The molecule has 3 aliphatic rings. The molecular weight excluding hydrogens is 603 g/mol. The normalized spacial score (nSPS) is 22.8. The number of imide groups is 1. The summed E-state index contributed by atoms with van der Waals surface area (Å²) in [7, 11) is -2.92. The minimum atomic E-state index is -1.76. The summed E-state index contributed by atoms with van der Waals surface area (Å²) in [6.07, 6.45) is 3.42. The minimum Gasteiger partial charge on any atom is -0.505 e. The van der Waals surface area contributed by atoms with Crippen LogP contribution in [0, 0.1) is 23.6 Å². The van der Waals surface area contributed by atoms with Crippen LogP contribution in [0.4, 0.5) is 10.1 Å². The van der Waals surface area contributed by atoms with E-state index in [2.05, 4.69) is 0 Å². The highest BCUT2D eigenvalue weighted by atomic mass is 19.1. The number of benzene rings is 3. The Labute approximate surface area is 273 Å². The second-order valence-corrected chi connectivity index (χ2v) is 12.3. The van der Waals surface area contributed by atoms with Crippen LogP contribution in [-0.4, -0.2) is 58.9 Å². The second kappa shape index (κ2) is 13.9. The van der Waals surface area contributed by atoms with Gasteiger partial charge in [-0.05, 0) is 96.5 Å². The molecular formula is C35H36B2FNO8. The van der Waals surface area contributed by atoms with E-state index >= 15 is 0 Å². The Morgan fingerprint density at radius 3 is 2.57 bits per heavy atom. The van der Waals surface area contributed by atoms with Crippen molar-refractivity contribution in [3.63, 3.8) is 0 Å². The van der Waals surface area contributed by atoms with Crippen molar-refractivity contribution in [1.82, 2.24) is 0 Å². The van der Waals surface area contributed by atoms with Gasteiger partial charge in [0.2, 0.25) is 11.8 Å². The summed E-state index contributed by atoms with van der Waals surface area (Å²) in [5.41, 5.74) is 3.75. The second-order valence-electron chi connectivity index (χ2n) is 12.3. The van der Waals surface area contributed by atoms with E-state index in [1.807, 2.05) is 43.3 Å². The Kier molecular flexibility index (Phi) is 9.65. The van der Waals surface area contributed by atoms with Crippen molar-refractivity contribution in [2.45, 2.75) is 45.0 Å². The monoisotopic (exact) mass is 639 g/mol. The SMILES string of the molecule is CC/C(=C\c1ccc(O)c(F)c1)CC[C@H]1OB(O)C[C@H]2C1=C(COc1ccccc1)C[C@H]1C(=O)N(c3cccc(B(O)O)c3)C(=O)[C@H]12. The highest BCUT2D eigenvalue weighted by Crippen LogP contribution is 2.51. The minimum absolute atomic E-state index is 0.132. The van der Waals surface area contributed by atoms with Crippen LogP contribution in [0.3, 0.4) is 0 Å². The molecule has 0 radical (unpaired) electrons. The van der Waals surface area contributed by atoms with E-state index < -0.39 is 55.6 Å². The van der Waals surface area contributed by atoms with Crippen molar-refractivity contribution < 1.29 is 43.5 Å². The fraction of sp³-hybridized carbons (Fsp3) is 0.314. The molecule has 4 N–H and O–H groups in total. The van der Waals surface area contributed by atoms with Gasteiger partial charge in [0.05, 0.1) is 23.6 Å². The van der Waals surface area contributed by atoms with Crippen LogP contribution in [0.15, 0.2) is 89.5 Å². The summed E-state index contributed by atoms with van der Waals surface area (Å²) >= 11 is 0. The standard InChI is InChI=1S/C35H36B2FNO8/c1-2-21(15-22-11-13-30(40)29(38)16-22)12-14-31-32-23(20-46-26-9-4-3-5-10-26)17-27-33(28(32)19-36(43)47-31)35(42)39(34(27)41)25-8-6-7-24(18-25)37(44)45/h3-11,13,15-16,18,27-28,31,33,40,43-45H,2,12,14,17,19-20H2,1H3/b21-15+/t27-,28+,31-,33-/m1/s1. The highest BCUT2D eigenvalue weighted by molar-refractivity contribution is 6.58. The lowest BCUT2D eigenvalue weighted by Gasteiger charge is -2.43. The number of phenolic OH excluding ortho intramolecular Hbond substituents is 1. The molecule has 1 aliphatic carbocycles. The van der Waals surface area contributed by atoms with Crippen molar-refractivity contribution in [3.8, 4) is 11.5 Å². The van der Waals surface area contributed by atoms with E-state index in [4.69, 9.17) is 9.39 Å². The van der Waals surface area contributed by atoms with E-state index in [0.29, 0.717) is 30.6 Å². The summed E-state index contributed by atoms with van der Waals surface area (Å²) in [6.45, 7) is 2.17. The van der Waals surface area contributed by atoms with E-state index in [-0.39, 0.29) is 36.4 Å². The fourth-order valence-electron chi connectivity index (χ4n) is 7.18. The zero-order chi connectivity index (χ0) is 33.2. The van der Waals surface area contributed by atoms with Crippen LogP contribution in [-0.2, 0) is 14.2 Å². The molecule has 3 aromatic rings. The average Bonchev–Trinajstić information content (AvgIpc) is 3.32. The van der Waals surface area contributed by atoms with Crippen molar-refractivity contribution in [2.75, 3.05) is 11.5 Å². The van der Waals surface area contributed by atoms with Crippen molar-refractivity contribution in [3.05, 3.63) is 101 Å². The lowest BCUT2D eigenvalue weighted by molar-refractivity contribution is -0.122. The van der Waals surface area contributed by atoms with Gasteiger partial charge in [0.1, 0.15) is 12.4 Å². The number of phenols is 1. The van der Waals surface area contributed by atoms with Gasteiger partial charge < -0.3 is 29.6 Å². The molecule has 3 aromatic carbocycles. The third-order valence-corrected chi connectivity index (χ3v) is 9.42. The van der Waals surface area contributed by atoms with Gasteiger partial charge in [-0.3, -0.25) is 14.5 Å². The summed E-state index contributed by atoms with van der Waals surface area (Å²) in [5.74, 6) is -3.14. The predicted molar refractivity (Wildman–Crippen MR) is 176 cm³/mol. The Morgan fingerprint density at radius 2 is 1.85 bits per heavy atom. The Hall–Kier alpha value is -4.22. The number of allylic oxidation sites excluding steroid dienone is 1. The van der Waals surface area contributed by atoms with E-state index in [9.17, 15) is 34.2 Å². The molecule has 47 heavy (non-hydrogen) atoms. The highest BCUT2D eigenvalue weighted by Gasteiger charge is 2.57. The predicted octanol–water partition coefficient (Wildman–Crippen LogP) is 3.87. The van der Waals surface area contributed by atoms with Crippen molar-refractivity contribution >= 4 is 43.3 Å². The largest absolute Gasteiger partial charge is 0.505 e. The lowest BCUT2D eigenvalue weighted by Crippen LogP contribution is -2.46. The van der Waals surface area contributed by atoms with Crippen LogP contribution in [0.5, 0.6) is 11.5 Å². The van der Waals surface area contributed by atoms with Crippen LogP contribution >= 0.6 is 0 Å². The van der Waals surface area contributed by atoms with Gasteiger partial charge in [0.15, 0.2) is 11.6 Å². The summed E-state index contributed by atoms with van der Waals surface area (Å²) < 4.78 is 26.3. The first kappa shape index (κ1) is 32.7. The first-order chi connectivity index (χ1) is 22.6. The zero-order valence-corrected chi connectivity index (χ0v) is 26.0. The zero-order valence-electron chi connectivity index (χ0n) is 26.0. The molecule has 12 heteroatoms. The van der Waals surface area contributed by atoms with E-state index in [1.165, 1.54) is 24.3 Å². The van der Waals surface area contributed by atoms with Gasteiger partial charge >= 0.3 is 14.2 Å². The maximum absolute atomic E-state index is 14.1. The number of carbonyl (C=O) groups excluding carboxylic acids is 2. The van der Waals surface area contributed by atoms with Crippen LogP contribution < -0.4 is 15.1 Å². The number of carbonyl (C=O) groups is 2. The maximum atomic E-state index is 14.1. The Bertz CT molecular complexity index is 1710. The van der Waals surface area contributed by atoms with Gasteiger partial charge in [-0.15, -0.1) is 0 Å². The Balaban J connectivity index is 1.33. The molecule has 2 fully saturated rings. The molecule has 2 heterocycles. The summed E-state index contributed by atoms with van der Waals surface area (Å²) in [5, 5.41) is 40.0. The quantitative estimate of drug-likeness (QED) is 0.149. The smallest absolute Gasteiger partial charge is 0.488 e. The Morgan fingerprint density at radius 1 is 1.06 bits per heavy atom. The molecule has 2 amide bonds. The number of amides is 2. The number of nitrogens with zero attached hydrogens (tertiary/aromatic N) is 1. The number of fused-ring (bicyclic) bond motifs is 3. The summed E-state index contributed by atoms with van der Waals surface area (Å²) in [6, 6.07) is 19.6. The topological polar surface area (TPSA) is 137 Å². The fourth-order valence-corrected chi connectivity index (χ4v) is 7.18.